The smallest absolute Gasteiger partial charge is 0.354 e. The average Bonchev–Trinajstić information content (AvgIpc) is 2.60. The average molecular weight is 378 g/mol. The minimum atomic E-state index is -4.57. The van der Waals surface area contributed by atoms with Crippen LogP contribution in [0.1, 0.15) is 23.6 Å². The van der Waals surface area contributed by atoms with Gasteiger partial charge in [-0.05, 0) is 24.6 Å². The van der Waals surface area contributed by atoms with Crippen molar-refractivity contribution in [2.24, 2.45) is 0 Å². The number of amides is 2. The number of halogens is 3. The van der Waals surface area contributed by atoms with Gasteiger partial charge in [0.2, 0.25) is 11.8 Å². The van der Waals surface area contributed by atoms with E-state index in [1.165, 1.54) is 25.1 Å². The van der Waals surface area contributed by atoms with E-state index in [-0.39, 0.29) is 31.1 Å². The van der Waals surface area contributed by atoms with Crippen LogP contribution in [0.15, 0.2) is 48.5 Å². The lowest BCUT2D eigenvalue weighted by atomic mass is 10.1. The molecule has 0 bridgehead atoms. The van der Waals surface area contributed by atoms with Crippen molar-refractivity contribution in [3.05, 3.63) is 65.2 Å². The van der Waals surface area contributed by atoms with Gasteiger partial charge in [0.1, 0.15) is 0 Å². The maximum atomic E-state index is 13.2. The van der Waals surface area contributed by atoms with E-state index < -0.39 is 17.6 Å². The summed E-state index contributed by atoms with van der Waals surface area (Å²) in [5, 5.41) is 2.64. The lowest BCUT2D eigenvalue weighted by molar-refractivity contribution is -0.137. The summed E-state index contributed by atoms with van der Waals surface area (Å²) < 4.78 is 39.6. The molecule has 2 amide bonds. The molecule has 0 aromatic heterocycles. The van der Waals surface area contributed by atoms with Crippen LogP contribution >= 0.6 is 0 Å². The lowest BCUT2D eigenvalue weighted by Gasteiger charge is -2.25. The van der Waals surface area contributed by atoms with Crippen molar-refractivity contribution in [3.8, 4) is 0 Å². The first kappa shape index (κ1) is 20.5. The van der Waals surface area contributed by atoms with Crippen molar-refractivity contribution in [2.45, 2.75) is 26.4 Å². The van der Waals surface area contributed by atoms with Crippen LogP contribution in [-0.4, -0.2) is 24.9 Å². The standard InChI is InChI=1S/C20H21F3N2O2/c1-14-7-9-16(10-8-14)13-19(27)24-11-12-25(15(2)26)18-6-4-3-5-17(18)20(21,22)23/h3-10H,11-13H2,1-2H3,(H,24,27). The van der Waals surface area contributed by atoms with Gasteiger partial charge >= 0.3 is 6.18 Å². The Hall–Kier alpha value is -2.83. The molecule has 0 fully saturated rings. The predicted octanol–water partition coefficient (Wildman–Crippen LogP) is 3.73. The van der Waals surface area contributed by atoms with Gasteiger partial charge in [-0.3, -0.25) is 9.59 Å². The Kier molecular flexibility index (Phi) is 6.60. The minimum absolute atomic E-state index is 0.0520. The van der Waals surface area contributed by atoms with E-state index in [2.05, 4.69) is 5.32 Å². The molecular formula is C20H21F3N2O2. The highest BCUT2D eigenvalue weighted by molar-refractivity contribution is 5.92. The van der Waals surface area contributed by atoms with E-state index in [1.54, 1.807) is 0 Å². The summed E-state index contributed by atoms with van der Waals surface area (Å²) in [7, 11) is 0. The molecule has 1 N–H and O–H groups in total. The number of nitrogens with zero attached hydrogens (tertiary/aromatic N) is 1. The third-order valence-corrected chi connectivity index (χ3v) is 4.02. The Labute approximate surface area is 156 Å². The van der Waals surface area contributed by atoms with E-state index in [0.29, 0.717) is 0 Å². The first-order chi connectivity index (χ1) is 12.7. The third-order valence-electron chi connectivity index (χ3n) is 4.02. The summed E-state index contributed by atoms with van der Waals surface area (Å²) >= 11 is 0. The Balaban J connectivity index is 2.01. The van der Waals surface area contributed by atoms with Crippen LogP contribution in [-0.2, 0) is 22.2 Å². The summed E-state index contributed by atoms with van der Waals surface area (Å²) in [5.74, 6) is -0.786. The monoisotopic (exact) mass is 378 g/mol. The van der Waals surface area contributed by atoms with Crippen LogP contribution < -0.4 is 10.2 Å². The fourth-order valence-corrected chi connectivity index (χ4v) is 2.66. The molecule has 0 aliphatic heterocycles. The number of anilines is 1. The van der Waals surface area contributed by atoms with Crippen molar-refractivity contribution >= 4 is 17.5 Å². The first-order valence-corrected chi connectivity index (χ1v) is 8.45. The predicted molar refractivity (Wildman–Crippen MR) is 97.4 cm³/mol. The van der Waals surface area contributed by atoms with Gasteiger partial charge in [-0.15, -0.1) is 0 Å². The number of aryl methyl sites for hydroxylation is 1. The van der Waals surface area contributed by atoms with Crippen LogP contribution in [0.4, 0.5) is 18.9 Å². The summed E-state index contributed by atoms with van der Waals surface area (Å²) in [5.41, 5.74) is 0.819. The highest BCUT2D eigenvalue weighted by Gasteiger charge is 2.35. The molecule has 0 spiro atoms. The maximum absolute atomic E-state index is 13.2. The van der Waals surface area contributed by atoms with Gasteiger partial charge in [0, 0.05) is 20.0 Å². The Morgan fingerprint density at radius 3 is 2.26 bits per heavy atom. The quantitative estimate of drug-likeness (QED) is 0.833. The van der Waals surface area contributed by atoms with Crippen molar-refractivity contribution in [3.63, 3.8) is 0 Å². The summed E-state index contributed by atoms with van der Waals surface area (Å²) in [6.45, 7) is 3.14. The van der Waals surface area contributed by atoms with Crippen molar-refractivity contribution in [2.75, 3.05) is 18.0 Å². The van der Waals surface area contributed by atoms with E-state index >= 15 is 0 Å². The fourth-order valence-electron chi connectivity index (χ4n) is 2.66. The summed E-state index contributed by atoms with van der Waals surface area (Å²) in [6.07, 6.45) is -4.40. The normalized spacial score (nSPS) is 11.1. The molecule has 2 aromatic carbocycles. The van der Waals surface area contributed by atoms with Gasteiger partial charge < -0.3 is 10.2 Å². The maximum Gasteiger partial charge on any atom is 0.418 e. The van der Waals surface area contributed by atoms with Gasteiger partial charge in [0.05, 0.1) is 17.7 Å². The molecule has 0 unspecified atom stereocenters. The number of hydrogen-bond donors (Lipinski definition) is 1. The van der Waals surface area contributed by atoms with Crippen molar-refractivity contribution in [1.82, 2.24) is 5.32 Å². The molecule has 0 saturated heterocycles. The Morgan fingerprint density at radius 2 is 1.67 bits per heavy atom. The SMILES string of the molecule is CC(=O)N(CCNC(=O)Cc1ccc(C)cc1)c1ccccc1C(F)(F)F. The van der Waals surface area contributed by atoms with Gasteiger partial charge in [-0.25, -0.2) is 0 Å². The van der Waals surface area contributed by atoms with E-state index in [0.717, 1.165) is 22.1 Å². The molecule has 2 aromatic rings. The molecule has 0 atom stereocenters. The summed E-state index contributed by atoms with van der Waals surface area (Å²) in [6, 6.07) is 12.4. The number of para-hydroxylation sites is 1. The van der Waals surface area contributed by atoms with Gasteiger partial charge in [-0.1, -0.05) is 42.0 Å². The van der Waals surface area contributed by atoms with Crippen LogP contribution in [0, 0.1) is 6.92 Å². The molecule has 27 heavy (non-hydrogen) atoms. The fraction of sp³-hybridized carbons (Fsp3) is 0.300. The van der Waals surface area contributed by atoms with Gasteiger partial charge in [-0.2, -0.15) is 13.2 Å². The van der Waals surface area contributed by atoms with Gasteiger partial charge in [0.25, 0.3) is 0 Å². The zero-order valence-corrected chi connectivity index (χ0v) is 15.1. The second-order valence-electron chi connectivity index (χ2n) is 6.20. The zero-order valence-electron chi connectivity index (χ0n) is 15.1. The second-order valence-corrected chi connectivity index (χ2v) is 6.20. The van der Waals surface area contributed by atoms with E-state index in [1.807, 2.05) is 31.2 Å². The van der Waals surface area contributed by atoms with Crippen LogP contribution in [0.25, 0.3) is 0 Å². The Bertz CT molecular complexity index is 802. The zero-order chi connectivity index (χ0) is 20.0. The highest BCUT2D eigenvalue weighted by atomic mass is 19.4. The topological polar surface area (TPSA) is 49.4 Å². The Morgan fingerprint density at radius 1 is 1.04 bits per heavy atom. The van der Waals surface area contributed by atoms with Gasteiger partial charge in [0.15, 0.2) is 0 Å². The number of nitrogens with one attached hydrogen (secondary N) is 1. The van der Waals surface area contributed by atoms with Crippen molar-refractivity contribution < 1.29 is 22.8 Å². The summed E-state index contributed by atoms with van der Waals surface area (Å²) in [4.78, 5) is 24.9. The molecule has 2 rings (SSSR count). The number of carbonyl (C=O) groups is 2. The molecule has 144 valence electrons. The molecule has 0 saturated carbocycles. The number of benzene rings is 2. The molecule has 0 heterocycles. The molecule has 4 nitrogen and oxygen atoms in total. The lowest BCUT2D eigenvalue weighted by Crippen LogP contribution is -2.38. The number of alkyl halides is 3. The minimum Gasteiger partial charge on any atom is -0.354 e. The third kappa shape index (κ3) is 5.84. The van der Waals surface area contributed by atoms with Crippen LogP contribution in [0.3, 0.4) is 0 Å². The number of hydrogen-bond acceptors (Lipinski definition) is 2. The van der Waals surface area contributed by atoms with E-state index in [9.17, 15) is 22.8 Å². The van der Waals surface area contributed by atoms with Crippen LogP contribution in [0.2, 0.25) is 0 Å². The number of carbonyl (C=O) groups excluding carboxylic acids is 2. The molecule has 0 radical (unpaired) electrons. The molecule has 0 aliphatic carbocycles. The molecular weight excluding hydrogens is 357 g/mol. The largest absolute Gasteiger partial charge is 0.418 e. The molecule has 0 aliphatic rings. The van der Waals surface area contributed by atoms with E-state index in [4.69, 9.17) is 0 Å². The second kappa shape index (κ2) is 8.70. The number of rotatable bonds is 6. The molecule has 7 heteroatoms. The highest BCUT2D eigenvalue weighted by Crippen LogP contribution is 2.36. The van der Waals surface area contributed by atoms with Crippen molar-refractivity contribution in [1.29, 1.82) is 0 Å². The van der Waals surface area contributed by atoms with Crippen LogP contribution in [0.5, 0.6) is 0 Å². The first-order valence-electron chi connectivity index (χ1n) is 8.45.